The van der Waals surface area contributed by atoms with Crippen LogP contribution in [0.3, 0.4) is 0 Å². The number of rotatable bonds is 8. The first kappa shape index (κ1) is 13.9. The fourth-order valence-corrected chi connectivity index (χ4v) is 1.94. The van der Waals surface area contributed by atoms with Crippen LogP contribution in [0.2, 0.25) is 0 Å². The molecule has 0 spiro atoms. The first-order valence-electron chi connectivity index (χ1n) is 6.21. The summed E-state index contributed by atoms with van der Waals surface area (Å²) in [6.07, 6.45) is 4.80. The normalized spacial score (nSPS) is 25.9. The predicted molar refractivity (Wildman–Crippen MR) is 61.5 cm³/mol. The summed E-state index contributed by atoms with van der Waals surface area (Å²) in [6.45, 7) is 2.63. The fourth-order valence-electron chi connectivity index (χ4n) is 1.94. The molecule has 0 heterocycles. The van der Waals surface area contributed by atoms with Crippen LogP contribution in [-0.2, 0) is 14.2 Å². The average molecular weight is 232 g/mol. The summed E-state index contributed by atoms with van der Waals surface area (Å²) in [5.74, 6) is 0. The van der Waals surface area contributed by atoms with Crippen LogP contribution in [0, 0.1) is 0 Å². The summed E-state index contributed by atoms with van der Waals surface area (Å²) >= 11 is 0. The minimum absolute atomic E-state index is 0.0244. The quantitative estimate of drug-likeness (QED) is 0.642. The van der Waals surface area contributed by atoms with Gasteiger partial charge < -0.3 is 19.3 Å². The van der Waals surface area contributed by atoms with Crippen molar-refractivity contribution in [1.29, 1.82) is 0 Å². The lowest BCUT2D eigenvalue weighted by Crippen LogP contribution is -2.33. The Morgan fingerprint density at radius 1 is 1.06 bits per heavy atom. The van der Waals surface area contributed by atoms with E-state index >= 15 is 0 Å². The molecule has 1 fully saturated rings. The third kappa shape index (κ3) is 5.80. The molecule has 0 aromatic carbocycles. The van der Waals surface area contributed by atoms with Gasteiger partial charge in [0.1, 0.15) is 0 Å². The molecule has 0 aromatic rings. The van der Waals surface area contributed by atoms with Crippen molar-refractivity contribution in [2.24, 2.45) is 0 Å². The van der Waals surface area contributed by atoms with Crippen molar-refractivity contribution >= 4 is 0 Å². The number of hydrogen-bond donors (Lipinski definition) is 1. The SMILES string of the molecule is COCCCOCCOC1CCCCC1O. The summed E-state index contributed by atoms with van der Waals surface area (Å²) in [6, 6.07) is 0. The highest BCUT2D eigenvalue weighted by Crippen LogP contribution is 2.20. The molecule has 2 atom stereocenters. The Labute approximate surface area is 97.9 Å². The Morgan fingerprint density at radius 3 is 2.62 bits per heavy atom. The van der Waals surface area contributed by atoms with E-state index in [1.54, 1.807) is 7.11 Å². The number of ether oxygens (including phenoxy) is 3. The second-order valence-corrected chi connectivity index (χ2v) is 4.22. The lowest BCUT2D eigenvalue weighted by molar-refractivity contribution is -0.0739. The van der Waals surface area contributed by atoms with E-state index in [1.165, 1.54) is 0 Å². The van der Waals surface area contributed by atoms with Crippen LogP contribution in [0.4, 0.5) is 0 Å². The van der Waals surface area contributed by atoms with Crippen molar-refractivity contribution in [1.82, 2.24) is 0 Å². The van der Waals surface area contributed by atoms with Crippen LogP contribution >= 0.6 is 0 Å². The Bertz CT molecular complexity index is 163. The molecule has 0 radical (unpaired) electrons. The minimum atomic E-state index is -0.276. The molecule has 0 aromatic heterocycles. The van der Waals surface area contributed by atoms with E-state index in [-0.39, 0.29) is 12.2 Å². The smallest absolute Gasteiger partial charge is 0.0835 e. The largest absolute Gasteiger partial charge is 0.390 e. The van der Waals surface area contributed by atoms with Crippen molar-refractivity contribution in [2.45, 2.75) is 44.3 Å². The summed E-state index contributed by atoms with van der Waals surface area (Å²) in [7, 11) is 1.69. The molecular weight excluding hydrogens is 208 g/mol. The molecule has 0 amide bonds. The number of methoxy groups -OCH3 is 1. The third-order valence-corrected chi connectivity index (χ3v) is 2.86. The van der Waals surface area contributed by atoms with Crippen LogP contribution in [-0.4, -0.2) is 50.9 Å². The molecule has 0 bridgehead atoms. The van der Waals surface area contributed by atoms with Gasteiger partial charge in [-0.15, -0.1) is 0 Å². The molecule has 96 valence electrons. The van der Waals surface area contributed by atoms with Gasteiger partial charge in [-0.25, -0.2) is 0 Å². The number of aliphatic hydroxyl groups excluding tert-OH is 1. The zero-order valence-electron chi connectivity index (χ0n) is 10.2. The molecule has 1 aliphatic rings. The molecule has 4 nitrogen and oxygen atoms in total. The van der Waals surface area contributed by atoms with Crippen molar-refractivity contribution in [3.63, 3.8) is 0 Å². The van der Waals surface area contributed by atoms with Gasteiger partial charge in [0.05, 0.1) is 25.4 Å². The molecule has 4 heteroatoms. The monoisotopic (exact) mass is 232 g/mol. The Kier molecular flexibility index (Phi) is 7.76. The van der Waals surface area contributed by atoms with Gasteiger partial charge in [0, 0.05) is 20.3 Å². The molecule has 1 aliphatic carbocycles. The van der Waals surface area contributed by atoms with Gasteiger partial charge in [0.2, 0.25) is 0 Å². The lowest BCUT2D eigenvalue weighted by Gasteiger charge is -2.27. The third-order valence-electron chi connectivity index (χ3n) is 2.86. The van der Waals surface area contributed by atoms with Gasteiger partial charge in [-0.05, 0) is 19.3 Å². The zero-order chi connectivity index (χ0) is 11.6. The van der Waals surface area contributed by atoms with Gasteiger partial charge in [-0.1, -0.05) is 12.8 Å². The van der Waals surface area contributed by atoms with E-state index in [0.29, 0.717) is 19.8 Å². The maximum absolute atomic E-state index is 9.66. The Balaban J connectivity index is 1.90. The number of aliphatic hydroxyl groups is 1. The topological polar surface area (TPSA) is 47.9 Å². The Morgan fingerprint density at radius 2 is 1.88 bits per heavy atom. The summed E-state index contributed by atoms with van der Waals surface area (Å²) in [4.78, 5) is 0. The lowest BCUT2D eigenvalue weighted by atomic mass is 9.95. The van der Waals surface area contributed by atoms with E-state index in [9.17, 15) is 5.11 Å². The molecule has 1 saturated carbocycles. The first-order valence-corrected chi connectivity index (χ1v) is 6.21. The van der Waals surface area contributed by atoms with Gasteiger partial charge in [-0.3, -0.25) is 0 Å². The summed E-state index contributed by atoms with van der Waals surface area (Å²) in [5, 5.41) is 9.66. The van der Waals surface area contributed by atoms with E-state index in [1.807, 2.05) is 0 Å². The highest BCUT2D eigenvalue weighted by molar-refractivity contribution is 4.74. The minimum Gasteiger partial charge on any atom is -0.390 e. The van der Waals surface area contributed by atoms with Gasteiger partial charge in [0.25, 0.3) is 0 Å². The fraction of sp³-hybridized carbons (Fsp3) is 1.00. The van der Waals surface area contributed by atoms with E-state index in [0.717, 1.165) is 38.7 Å². The van der Waals surface area contributed by atoms with E-state index in [2.05, 4.69) is 0 Å². The molecular formula is C12H24O4. The summed E-state index contributed by atoms with van der Waals surface area (Å²) < 4.78 is 15.9. The predicted octanol–water partition coefficient (Wildman–Crippen LogP) is 1.36. The molecule has 0 saturated heterocycles. The zero-order valence-corrected chi connectivity index (χ0v) is 10.2. The van der Waals surface area contributed by atoms with Crippen molar-refractivity contribution in [2.75, 3.05) is 33.5 Å². The van der Waals surface area contributed by atoms with Crippen LogP contribution < -0.4 is 0 Å². The Hall–Kier alpha value is -0.160. The van der Waals surface area contributed by atoms with Crippen LogP contribution in [0.5, 0.6) is 0 Å². The van der Waals surface area contributed by atoms with Crippen LogP contribution in [0.25, 0.3) is 0 Å². The van der Waals surface area contributed by atoms with Gasteiger partial charge >= 0.3 is 0 Å². The molecule has 2 unspecified atom stereocenters. The van der Waals surface area contributed by atoms with Crippen molar-refractivity contribution < 1.29 is 19.3 Å². The van der Waals surface area contributed by atoms with Crippen LogP contribution in [0.1, 0.15) is 32.1 Å². The van der Waals surface area contributed by atoms with Crippen LogP contribution in [0.15, 0.2) is 0 Å². The van der Waals surface area contributed by atoms with Gasteiger partial charge in [-0.2, -0.15) is 0 Å². The number of hydrogen-bond acceptors (Lipinski definition) is 4. The highest BCUT2D eigenvalue weighted by Gasteiger charge is 2.23. The van der Waals surface area contributed by atoms with E-state index in [4.69, 9.17) is 14.2 Å². The standard InChI is InChI=1S/C12H24O4/c1-14-7-4-8-15-9-10-16-12-6-3-2-5-11(12)13/h11-13H,2-10H2,1H3. The molecule has 1 N–H and O–H groups in total. The average Bonchev–Trinajstić information content (AvgIpc) is 2.30. The first-order chi connectivity index (χ1) is 7.84. The van der Waals surface area contributed by atoms with Crippen molar-refractivity contribution in [3.8, 4) is 0 Å². The van der Waals surface area contributed by atoms with Crippen molar-refractivity contribution in [3.05, 3.63) is 0 Å². The maximum Gasteiger partial charge on any atom is 0.0835 e. The molecule has 1 rings (SSSR count). The van der Waals surface area contributed by atoms with E-state index < -0.39 is 0 Å². The summed E-state index contributed by atoms with van der Waals surface area (Å²) in [5.41, 5.74) is 0. The van der Waals surface area contributed by atoms with Gasteiger partial charge in [0.15, 0.2) is 0 Å². The maximum atomic E-state index is 9.66. The second-order valence-electron chi connectivity index (χ2n) is 4.22. The second kappa shape index (κ2) is 8.93. The highest BCUT2D eigenvalue weighted by atomic mass is 16.5. The molecule has 0 aliphatic heterocycles. The molecule has 16 heavy (non-hydrogen) atoms.